The van der Waals surface area contributed by atoms with Crippen LogP contribution in [0.15, 0.2) is 18.3 Å². The van der Waals surface area contributed by atoms with Crippen molar-refractivity contribution in [1.29, 1.82) is 0 Å². The first-order chi connectivity index (χ1) is 9.84. The van der Waals surface area contributed by atoms with Crippen LogP contribution in [0.25, 0.3) is 0 Å². The fourth-order valence-corrected chi connectivity index (χ4v) is 2.49. The van der Waals surface area contributed by atoms with Gasteiger partial charge >= 0.3 is 0 Å². The van der Waals surface area contributed by atoms with Gasteiger partial charge in [0.05, 0.1) is 12.2 Å². The van der Waals surface area contributed by atoms with Crippen molar-refractivity contribution in [2.75, 3.05) is 6.54 Å². The lowest BCUT2D eigenvalue weighted by Gasteiger charge is -2.30. The first kappa shape index (κ1) is 17.6. The lowest BCUT2D eigenvalue weighted by Crippen LogP contribution is -2.28. The maximum Gasteiger partial charge on any atom is 0.220 e. The maximum atomic E-state index is 12.0. The van der Waals surface area contributed by atoms with Crippen LogP contribution < -0.4 is 11.1 Å². The van der Waals surface area contributed by atoms with Crippen molar-refractivity contribution in [2.45, 2.75) is 53.5 Å². The molecule has 0 spiro atoms. The molecule has 1 aromatic rings. The molecule has 4 nitrogen and oxygen atoms in total. The van der Waals surface area contributed by atoms with Crippen LogP contribution in [0.4, 0.5) is 0 Å². The second-order valence-electron chi connectivity index (χ2n) is 6.72. The summed E-state index contributed by atoms with van der Waals surface area (Å²) in [6.45, 7) is 9.82. The third-order valence-electron chi connectivity index (χ3n) is 4.03. The van der Waals surface area contributed by atoms with E-state index in [1.165, 1.54) is 0 Å². The molecule has 1 rings (SSSR count). The topological polar surface area (TPSA) is 68.0 Å². The van der Waals surface area contributed by atoms with E-state index < -0.39 is 0 Å². The van der Waals surface area contributed by atoms with Gasteiger partial charge < -0.3 is 11.1 Å². The third kappa shape index (κ3) is 6.25. The number of nitrogens with zero attached hydrogens (tertiary/aromatic N) is 1. The van der Waals surface area contributed by atoms with Crippen LogP contribution in [0, 0.1) is 18.3 Å². The van der Waals surface area contributed by atoms with Gasteiger partial charge in [0, 0.05) is 12.6 Å². The van der Waals surface area contributed by atoms with Gasteiger partial charge in [-0.25, -0.2) is 0 Å². The van der Waals surface area contributed by atoms with Crippen molar-refractivity contribution in [1.82, 2.24) is 10.3 Å². The summed E-state index contributed by atoms with van der Waals surface area (Å²) in [7, 11) is 0. The van der Waals surface area contributed by atoms with Gasteiger partial charge in [0.1, 0.15) is 0 Å². The van der Waals surface area contributed by atoms with Crippen molar-refractivity contribution in [3.05, 3.63) is 29.6 Å². The van der Waals surface area contributed by atoms with Crippen LogP contribution in [0.1, 0.15) is 51.3 Å². The molecule has 0 aromatic carbocycles. The second-order valence-corrected chi connectivity index (χ2v) is 6.72. The molecule has 0 saturated carbocycles. The number of nitrogens with one attached hydrogen (secondary N) is 1. The molecule has 1 heterocycles. The highest BCUT2D eigenvalue weighted by molar-refractivity contribution is 5.75. The van der Waals surface area contributed by atoms with Gasteiger partial charge in [-0.05, 0) is 49.3 Å². The third-order valence-corrected chi connectivity index (χ3v) is 4.03. The van der Waals surface area contributed by atoms with Crippen LogP contribution >= 0.6 is 0 Å². The van der Waals surface area contributed by atoms with Crippen molar-refractivity contribution in [3.8, 4) is 0 Å². The summed E-state index contributed by atoms with van der Waals surface area (Å²) in [5, 5.41) is 2.96. The minimum absolute atomic E-state index is 0.0892. The Morgan fingerprint density at radius 1 is 1.38 bits per heavy atom. The average Bonchev–Trinajstić information content (AvgIpc) is 2.41. The largest absolute Gasteiger partial charge is 0.350 e. The van der Waals surface area contributed by atoms with Gasteiger partial charge in [0.15, 0.2) is 0 Å². The van der Waals surface area contributed by atoms with Crippen molar-refractivity contribution < 1.29 is 4.79 Å². The number of aryl methyl sites for hydroxylation is 1. The molecule has 1 aromatic heterocycles. The summed E-state index contributed by atoms with van der Waals surface area (Å²) in [4.78, 5) is 16.3. The number of nitrogens with two attached hydrogens (primary N) is 1. The fourth-order valence-electron chi connectivity index (χ4n) is 2.49. The van der Waals surface area contributed by atoms with Crippen molar-refractivity contribution in [2.24, 2.45) is 17.1 Å². The zero-order valence-electron chi connectivity index (χ0n) is 13.8. The summed E-state index contributed by atoms with van der Waals surface area (Å²) >= 11 is 0. The first-order valence-electron chi connectivity index (χ1n) is 7.72. The summed E-state index contributed by atoms with van der Waals surface area (Å²) < 4.78 is 0. The molecule has 118 valence electrons. The number of carbonyl (C=O) groups excluding carboxylic acids is 1. The zero-order chi connectivity index (χ0) is 15.9. The number of aromatic nitrogens is 1. The van der Waals surface area contributed by atoms with E-state index in [1.807, 2.05) is 19.1 Å². The minimum atomic E-state index is 0.0892. The molecule has 0 bridgehead atoms. The molecule has 0 radical (unpaired) electrons. The molecule has 21 heavy (non-hydrogen) atoms. The Morgan fingerprint density at radius 3 is 2.67 bits per heavy atom. The Kier molecular flexibility index (Phi) is 6.82. The molecule has 1 atom stereocenters. The van der Waals surface area contributed by atoms with Gasteiger partial charge in [-0.2, -0.15) is 0 Å². The van der Waals surface area contributed by atoms with Crippen LogP contribution in [-0.2, 0) is 11.3 Å². The van der Waals surface area contributed by atoms with E-state index in [1.54, 1.807) is 6.20 Å². The summed E-state index contributed by atoms with van der Waals surface area (Å²) in [5.41, 5.74) is 7.90. The first-order valence-corrected chi connectivity index (χ1v) is 7.72. The number of amides is 1. The number of rotatable bonds is 7. The summed E-state index contributed by atoms with van der Waals surface area (Å²) in [5.74, 6) is 0.566. The van der Waals surface area contributed by atoms with E-state index >= 15 is 0 Å². The van der Waals surface area contributed by atoms with Gasteiger partial charge in [-0.1, -0.05) is 26.8 Å². The molecule has 0 fully saturated rings. The molecule has 4 heteroatoms. The number of carbonyl (C=O) groups is 1. The van der Waals surface area contributed by atoms with E-state index in [4.69, 9.17) is 5.73 Å². The summed E-state index contributed by atoms with van der Waals surface area (Å²) in [6.07, 6.45) is 4.16. The summed E-state index contributed by atoms with van der Waals surface area (Å²) in [6, 6.07) is 3.91. The molecule has 0 saturated heterocycles. The van der Waals surface area contributed by atoms with Gasteiger partial charge in [-0.15, -0.1) is 0 Å². The number of hydrogen-bond acceptors (Lipinski definition) is 3. The Labute approximate surface area is 128 Å². The highest BCUT2D eigenvalue weighted by atomic mass is 16.1. The predicted molar refractivity (Wildman–Crippen MR) is 86.7 cm³/mol. The van der Waals surface area contributed by atoms with E-state index in [-0.39, 0.29) is 11.3 Å². The van der Waals surface area contributed by atoms with E-state index in [2.05, 4.69) is 31.1 Å². The normalized spacial score (nSPS) is 13.0. The number of pyridine rings is 1. The second kappa shape index (κ2) is 8.13. The highest BCUT2D eigenvalue weighted by Gasteiger charge is 2.24. The van der Waals surface area contributed by atoms with E-state index in [0.29, 0.717) is 25.4 Å². The minimum Gasteiger partial charge on any atom is -0.350 e. The standard InChI is InChI=1S/C17H29N3O/c1-13-6-5-11-19-15(13)12-20-16(21)8-7-14(9-10-18)17(2,3)4/h5-6,11,14H,7-10,12,18H2,1-4H3,(H,20,21). The Bertz CT molecular complexity index is 452. The Hall–Kier alpha value is -1.42. The Balaban J connectivity index is 2.41. The molecule has 3 N–H and O–H groups in total. The fraction of sp³-hybridized carbons (Fsp3) is 0.647. The molecular formula is C17H29N3O. The van der Waals surface area contributed by atoms with Crippen LogP contribution in [0.5, 0.6) is 0 Å². The molecule has 0 aliphatic heterocycles. The van der Waals surface area contributed by atoms with Crippen LogP contribution in [-0.4, -0.2) is 17.4 Å². The zero-order valence-corrected chi connectivity index (χ0v) is 13.8. The molecular weight excluding hydrogens is 262 g/mol. The monoisotopic (exact) mass is 291 g/mol. The predicted octanol–water partition coefficient (Wildman–Crippen LogP) is 2.80. The molecule has 1 unspecified atom stereocenters. The highest BCUT2D eigenvalue weighted by Crippen LogP contribution is 2.31. The SMILES string of the molecule is Cc1cccnc1CNC(=O)CCC(CCN)C(C)(C)C. The van der Waals surface area contributed by atoms with Crippen molar-refractivity contribution in [3.63, 3.8) is 0 Å². The van der Waals surface area contributed by atoms with Gasteiger partial charge in [0.2, 0.25) is 5.91 Å². The van der Waals surface area contributed by atoms with E-state index in [0.717, 1.165) is 24.1 Å². The molecule has 1 amide bonds. The smallest absolute Gasteiger partial charge is 0.220 e. The quantitative estimate of drug-likeness (QED) is 0.811. The lowest BCUT2D eigenvalue weighted by atomic mass is 9.76. The average molecular weight is 291 g/mol. The Morgan fingerprint density at radius 2 is 2.10 bits per heavy atom. The van der Waals surface area contributed by atoms with Crippen LogP contribution in [0.2, 0.25) is 0 Å². The molecule has 0 aliphatic carbocycles. The van der Waals surface area contributed by atoms with Crippen molar-refractivity contribution >= 4 is 5.91 Å². The van der Waals surface area contributed by atoms with E-state index in [9.17, 15) is 4.79 Å². The van der Waals surface area contributed by atoms with Crippen LogP contribution in [0.3, 0.4) is 0 Å². The van der Waals surface area contributed by atoms with Gasteiger partial charge in [0.25, 0.3) is 0 Å². The number of hydrogen-bond donors (Lipinski definition) is 2. The van der Waals surface area contributed by atoms with Gasteiger partial charge in [-0.3, -0.25) is 9.78 Å². The lowest BCUT2D eigenvalue weighted by molar-refractivity contribution is -0.121. The maximum absolute atomic E-state index is 12.0. The molecule has 0 aliphatic rings.